The Morgan fingerprint density at radius 2 is 0.886 bits per heavy atom. The van der Waals surface area contributed by atoms with Gasteiger partial charge in [-0.25, -0.2) is 0 Å². The molecule has 79 heavy (non-hydrogen) atoms. The van der Waals surface area contributed by atoms with Crippen molar-refractivity contribution >= 4 is 79.4 Å². The van der Waals surface area contributed by atoms with Crippen molar-refractivity contribution in [2.24, 2.45) is 0 Å². The zero-order chi connectivity index (χ0) is 55.8. The molecule has 11 rings (SSSR count). The maximum Gasteiger partial charge on any atom is 0.416 e. The van der Waals surface area contributed by atoms with Crippen molar-refractivity contribution in [1.29, 1.82) is 0 Å². The molecule has 0 spiro atoms. The third-order valence-corrected chi connectivity index (χ3v) is 23.8. The van der Waals surface area contributed by atoms with Gasteiger partial charge in [-0.2, -0.15) is 26.3 Å². The van der Waals surface area contributed by atoms with E-state index in [0.29, 0.717) is 44.4 Å². The Labute approximate surface area is 465 Å². The molecule has 0 radical (unpaired) electrons. The van der Waals surface area contributed by atoms with Crippen LogP contribution in [0, 0.1) is 6.92 Å². The standard InChI is InChI=1S/C70H64F6OSSi/c1-7-9-19-52-54-21-11-15-25-58(54)63(59-26-16-12-22-55(52)59)44-40-45(64-60-27-17-13-23-56(60)53(20-10-8-2)57-24-14-18-28-61(57)64)42-48(41-44)68(77)38-37-51-43(3)39-62(66(78)65(51)68)79(67(4,5)6,49-33-29-46(30-34-49)69(71,72)73)50-35-31-47(32-36-50)70(74,75)76/h11-18,21-36,39-42,77-78H,7-10,19-20,37-38H2,1-6H3/t68-/m1/s1. The second kappa shape index (κ2) is 20.5. The Hall–Kier alpha value is -6.65. The lowest BCUT2D eigenvalue weighted by Crippen LogP contribution is -2.72. The van der Waals surface area contributed by atoms with Crippen molar-refractivity contribution in [3.8, 4) is 22.3 Å². The molecule has 1 aliphatic rings. The van der Waals surface area contributed by atoms with Crippen LogP contribution in [-0.2, 0) is 37.2 Å². The zero-order valence-electron chi connectivity index (χ0n) is 45.5. The Morgan fingerprint density at radius 3 is 1.23 bits per heavy atom. The molecule has 0 aliphatic heterocycles. The maximum atomic E-state index is 14.3. The van der Waals surface area contributed by atoms with E-state index >= 15 is 0 Å². The number of unbranched alkanes of at least 4 members (excludes halogenated alkanes) is 2. The fourth-order valence-corrected chi connectivity index (χ4v) is 20.3. The Kier molecular flexibility index (Phi) is 14.1. The van der Waals surface area contributed by atoms with Gasteiger partial charge in [0.05, 0.1) is 11.1 Å². The minimum Gasteiger partial charge on any atom is -0.380 e. The molecule has 1 atom stereocenters. The molecular weight excluding hydrogens is 1030 g/mol. The molecule has 0 aromatic heterocycles. The van der Waals surface area contributed by atoms with Gasteiger partial charge in [-0.3, -0.25) is 0 Å². The van der Waals surface area contributed by atoms with Gasteiger partial charge in [0.1, 0.15) is 5.60 Å². The van der Waals surface area contributed by atoms with Gasteiger partial charge >= 0.3 is 12.4 Å². The Bertz CT molecular complexity index is 3660. The van der Waals surface area contributed by atoms with Gasteiger partial charge in [-0.15, -0.1) is 12.6 Å². The normalized spacial score (nSPS) is 15.2. The second-order valence-electron chi connectivity index (χ2n) is 22.8. The smallest absolute Gasteiger partial charge is 0.380 e. The van der Waals surface area contributed by atoms with Crippen LogP contribution in [0.3, 0.4) is 0 Å². The number of thiol groups is 1. The summed E-state index contributed by atoms with van der Waals surface area (Å²) in [6.07, 6.45) is -2.39. The van der Waals surface area contributed by atoms with Crippen LogP contribution in [0.15, 0.2) is 175 Å². The van der Waals surface area contributed by atoms with E-state index in [9.17, 15) is 31.4 Å². The van der Waals surface area contributed by atoms with Crippen molar-refractivity contribution in [3.05, 3.63) is 214 Å². The van der Waals surface area contributed by atoms with E-state index in [4.69, 9.17) is 12.6 Å². The molecule has 1 nitrogen and oxygen atoms in total. The van der Waals surface area contributed by atoms with Gasteiger partial charge in [0.2, 0.25) is 0 Å². The van der Waals surface area contributed by atoms with E-state index in [2.05, 4.69) is 135 Å². The summed E-state index contributed by atoms with van der Waals surface area (Å²) < 4.78 is 86.0. The topological polar surface area (TPSA) is 20.2 Å². The average molecular weight is 1100 g/mol. The molecule has 402 valence electrons. The molecule has 0 unspecified atom stereocenters. The van der Waals surface area contributed by atoms with E-state index < -0.39 is 42.2 Å². The first kappa shape index (κ1) is 54.3. The van der Waals surface area contributed by atoms with Gasteiger partial charge in [-0.1, -0.05) is 199 Å². The van der Waals surface area contributed by atoms with Crippen molar-refractivity contribution in [2.45, 2.75) is 121 Å². The number of alkyl halides is 6. The first-order valence-electron chi connectivity index (χ1n) is 27.7. The van der Waals surface area contributed by atoms with Crippen molar-refractivity contribution in [1.82, 2.24) is 0 Å². The van der Waals surface area contributed by atoms with Crippen LogP contribution in [0.4, 0.5) is 26.3 Å². The lowest BCUT2D eigenvalue weighted by molar-refractivity contribution is -0.138. The van der Waals surface area contributed by atoms with Crippen molar-refractivity contribution in [2.75, 3.05) is 0 Å². The number of benzene rings is 10. The Balaban J connectivity index is 1.25. The second-order valence-corrected chi connectivity index (χ2v) is 28.0. The predicted molar refractivity (Wildman–Crippen MR) is 322 cm³/mol. The summed E-state index contributed by atoms with van der Waals surface area (Å²) in [5, 5.41) is 24.6. The fourth-order valence-electron chi connectivity index (χ4n) is 13.6. The van der Waals surface area contributed by atoms with E-state index in [0.717, 1.165) is 118 Å². The van der Waals surface area contributed by atoms with Crippen molar-refractivity contribution in [3.63, 3.8) is 0 Å². The number of hydrogen-bond donors (Lipinski definition) is 2. The highest BCUT2D eigenvalue weighted by molar-refractivity contribution is 7.80. The van der Waals surface area contributed by atoms with Gasteiger partial charge in [0, 0.05) is 10.5 Å². The van der Waals surface area contributed by atoms with Crippen molar-refractivity contribution < 1.29 is 31.4 Å². The summed E-state index contributed by atoms with van der Waals surface area (Å²) in [7, 11) is -3.77. The molecular formula is C70H64F6OSSi. The molecule has 0 saturated carbocycles. The lowest BCUT2D eigenvalue weighted by atomic mass is 9.80. The monoisotopic (exact) mass is 1090 g/mol. The van der Waals surface area contributed by atoms with Crippen LogP contribution >= 0.6 is 12.6 Å². The number of aryl methyl sites for hydroxylation is 3. The highest BCUT2D eigenvalue weighted by atomic mass is 32.1. The van der Waals surface area contributed by atoms with Gasteiger partial charge in [0.25, 0.3) is 0 Å². The Morgan fingerprint density at radius 1 is 0.519 bits per heavy atom. The third kappa shape index (κ3) is 9.08. The number of halogens is 6. The molecule has 0 heterocycles. The van der Waals surface area contributed by atoms with Crippen LogP contribution in [0.25, 0.3) is 65.3 Å². The first-order chi connectivity index (χ1) is 37.7. The summed E-state index contributed by atoms with van der Waals surface area (Å²) >= 11 is 5.55. The van der Waals surface area contributed by atoms with E-state index in [1.807, 2.05) is 27.7 Å². The van der Waals surface area contributed by atoms with Crippen LogP contribution in [0.1, 0.15) is 111 Å². The number of rotatable bonds is 12. The molecule has 0 fully saturated rings. The highest BCUT2D eigenvalue weighted by Crippen LogP contribution is 2.52. The third-order valence-electron chi connectivity index (χ3n) is 17.2. The SMILES string of the molecule is CCCCc1c2ccccc2c(-c2cc(-c3c4ccccc4c(CCCC)c4ccccc34)cc([C@]3(O)CCc4c(C)cc([Si](c5ccc(C(F)(F)F)cc5)(c5ccc(C(F)(F)F)cc5)C(C)(C)C)c(S)c43)c2)c2ccccc12. The molecule has 0 bridgehead atoms. The molecule has 0 saturated heterocycles. The maximum absolute atomic E-state index is 14.3. The van der Waals surface area contributed by atoms with Gasteiger partial charge in [0.15, 0.2) is 8.07 Å². The van der Waals surface area contributed by atoms with Crippen LogP contribution in [0.5, 0.6) is 0 Å². The van der Waals surface area contributed by atoms with E-state index in [1.54, 1.807) is 0 Å². The van der Waals surface area contributed by atoms with Crippen LogP contribution < -0.4 is 15.6 Å². The number of fused-ring (bicyclic) bond motifs is 5. The predicted octanol–water partition coefficient (Wildman–Crippen LogP) is 18.4. The lowest BCUT2D eigenvalue weighted by Gasteiger charge is -2.46. The summed E-state index contributed by atoms with van der Waals surface area (Å²) in [5.74, 6) is 0. The fraction of sp³-hybridized carbons (Fsp3) is 0.257. The summed E-state index contributed by atoms with van der Waals surface area (Å²) in [4.78, 5) is 0.487. The molecule has 10 aromatic rings. The average Bonchev–Trinajstić information content (AvgIpc) is 3.53. The minimum atomic E-state index is -4.62. The number of aliphatic hydroxyl groups is 1. The molecule has 0 amide bonds. The largest absolute Gasteiger partial charge is 0.416 e. The first-order valence-corrected chi connectivity index (χ1v) is 30.1. The molecule has 1 aliphatic carbocycles. The highest BCUT2D eigenvalue weighted by Gasteiger charge is 2.53. The molecule has 10 aromatic carbocycles. The van der Waals surface area contributed by atoms with Crippen LogP contribution in [-0.4, -0.2) is 13.2 Å². The van der Waals surface area contributed by atoms with Gasteiger partial charge in [-0.05, 0) is 177 Å². The summed E-state index contributed by atoms with van der Waals surface area (Å²) in [5.41, 5.74) is 6.39. The summed E-state index contributed by atoms with van der Waals surface area (Å²) in [6.45, 7) is 12.5. The molecule has 9 heteroatoms. The molecule has 1 N–H and O–H groups in total. The minimum absolute atomic E-state index is 0.308. The summed E-state index contributed by atoms with van der Waals surface area (Å²) in [6, 6.07) is 53.6. The zero-order valence-corrected chi connectivity index (χ0v) is 47.4. The van der Waals surface area contributed by atoms with Crippen LogP contribution in [0.2, 0.25) is 5.04 Å². The van der Waals surface area contributed by atoms with E-state index in [-0.39, 0.29) is 0 Å². The number of hydrogen-bond acceptors (Lipinski definition) is 2. The quantitative estimate of drug-likeness (QED) is 0.0411. The van der Waals surface area contributed by atoms with E-state index in [1.165, 1.54) is 56.9 Å². The van der Waals surface area contributed by atoms with Gasteiger partial charge < -0.3 is 5.11 Å².